The number of nitrogens with zero attached hydrogens (tertiary/aromatic N) is 4. The predicted octanol–water partition coefficient (Wildman–Crippen LogP) is 1.24. The Balaban J connectivity index is 1.83. The average Bonchev–Trinajstić information content (AvgIpc) is 2.93. The van der Waals surface area contributed by atoms with E-state index in [1.54, 1.807) is 6.20 Å². The van der Waals surface area contributed by atoms with E-state index >= 15 is 0 Å². The molecule has 17 heavy (non-hydrogen) atoms. The van der Waals surface area contributed by atoms with Crippen LogP contribution in [0.5, 0.6) is 0 Å². The zero-order valence-corrected chi connectivity index (χ0v) is 10.0. The first kappa shape index (κ1) is 10.5. The van der Waals surface area contributed by atoms with Crippen LogP contribution in [0.4, 0.5) is 5.82 Å². The van der Waals surface area contributed by atoms with E-state index in [0.717, 1.165) is 12.4 Å². The maximum Gasteiger partial charge on any atom is 0.128 e. The fourth-order valence-electron chi connectivity index (χ4n) is 3.11. The van der Waals surface area contributed by atoms with E-state index in [4.69, 9.17) is 5.26 Å². The number of anilines is 1. The first-order valence-electron chi connectivity index (χ1n) is 6.12. The van der Waals surface area contributed by atoms with Crippen molar-refractivity contribution in [3.8, 4) is 6.07 Å². The van der Waals surface area contributed by atoms with Crippen LogP contribution in [0.1, 0.15) is 18.4 Å². The van der Waals surface area contributed by atoms with Gasteiger partial charge in [0, 0.05) is 31.4 Å². The van der Waals surface area contributed by atoms with Gasteiger partial charge in [-0.3, -0.25) is 0 Å². The Bertz CT molecular complexity index is 447. The highest BCUT2D eigenvalue weighted by Crippen LogP contribution is 2.33. The number of aromatic nitrogens is 1. The lowest BCUT2D eigenvalue weighted by Gasteiger charge is -2.25. The topological polar surface area (TPSA) is 43.2 Å². The summed E-state index contributed by atoms with van der Waals surface area (Å²) in [5.41, 5.74) is 0.632. The van der Waals surface area contributed by atoms with E-state index in [0.29, 0.717) is 17.6 Å². The van der Waals surface area contributed by atoms with Crippen molar-refractivity contribution in [2.75, 3.05) is 25.0 Å². The zero-order valence-electron chi connectivity index (χ0n) is 10.0. The lowest BCUT2D eigenvalue weighted by molar-refractivity contribution is 0.311. The van der Waals surface area contributed by atoms with Gasteiger partial charge >= 0.3 is 0 Å². The molecule has 0 saturated carbocycles. The summed E-state index contributed by atoms with van der Waals surface area (Å²) in [4.78, 5) is 9.25. The number of pyridine rings is 1. The molecule has 4 heteroatoms. The van der Waals surface area contributed by atoms with Gasteiger partial charge in [-0.05, 0) is 32.0 Å². The first-order chi connectivity index (χ1) is 8.29. The molecule has 0 N–H and O–H groups in total. The monoisotopic (exact) mass is 228 g/mol. The summed E-state index contributed by atoms with van der Waals surface area (Å²) >= 11 is 0. The van der Waals surface area contributed by atoms with Gasteiger partial charge in [0.05, 0.1) is 5.56 Å². The van der Waals surface area contributed by atoms with Gasteiger partial charge < -0.3 is 9.80 Å². The molecule has 0 spiro atoms. The molecule has 2 atom stereocenters. The first-order valence-corrected chi connectivity index (χ1v) is 6.12. The van der Waals surface area contributed by atoms with Gasteiger partial charge in [0.1, 0.15) is 11.9 Å². The van der Waals surface area contributed by atoms with E-state index < -0.39 is 0 Å². The van der Waals surface area contributed by atoms with E-state index in [-0.39, 0.29) is 0 Å². The molecule has 0 aromatic carbocycles. The third kappa shape index (κ3) is 1.67. The third-order valence-corrected chi connectivity index (χ3v) is 4.03. The van der Waals surface area contributed by atoms with Gasteiger partial charge in [0.2, 0.25) is 0 Å². The highest BCUT2D eigenvalue weighted by atomic mass is 15.3. The van der Waals surface area contributed by atoms with Crippen LogP contribution in [0.15, 0.2) is 18.3 Å². The molecule has 1 aromatic rings. The Morgan fingerprint density at radius 2 is 2.12 bits per heavy atom. The second-order valence-corrected chi connectivity index (χ2v) is 4.90. The Kier molecular flexibility index (Phi) is 2.49. The lowest BCUT2D eigenvalue weighted by Crippen LogP contribution is -2.35. The summed E-state index contributed by atoms with van der Waals surface area (Å²) in [7, 11) is 2.21. The van der Waals surface area contributed by atoms with Crippen molar-refractivity contribution in [1.29, 1.82) is 5.26 Å². The Morgan fingerprint density at radius 1 is 1.29 bits per heavy atom. The van der Waals surface area contributed by atoms with Crippen LogP contribution < -0.4 is 4.90 Å². The van der Waals surface area contributed by atoms with Crippen molar-refractivity contribution in [2.24, 2.45) is 0 Å². The van der Waals surface area contributed by atoms with Crippen molar-refractivity contribution in [3.63, 3.8) is 0 Å². The second kappa shape index (κ2) is 4.01. The molecule has 2 saturated heterocycles. The van der Waals surface area contributed by atoms with E-state index in [2.05, 4.69) is 27.9 Å². The molecule has 4 nitrogen and oxygen atoms in total. The number of hydrogen-bond acceptors (Lipinski definition) is 4. The van der Waals surface area contributed by atoms with E-state index in [1.165, 1.54) is 19.4 Å². The molecular weight excluding hydrogens is 212 g/mol. The molecule has 2 aliphatic rings. The fraction of sp³-hybridized carbons (Fsp3) is 0.538. The Hall–Kier alpha value is -1.60. The number of likely N-dealkylation sites (N-methyl/N-ethyl adjacent to an activating group) is 1. The van der Waals surface area contributed by atoms with Gasteiger partial charge in [-0.25, -0.2) is 4.98 Å². The molecule has 88 valence electrons. The summed E-state index contributed by atoms with van der Waals surface area (Å²) in [6.45, 7) is 2.26. The second-order valence-electron chi connectivity index (χ2n) is 4.90. The molecule has 3 rings (SSSR count). The summed E-state index contributed by atoms with van der Waals surface area (Å²) < 4.78 is 0. The largest absolute Gasteiger partial charge is 0.352 e. The Morgan fingerprint density at radius 3 is 2.82 bits per heavy atom. The standard InChI is InChI=1S/C13H16N4/c1-16-6-4-12-11(16)5-7-17(12)13-3-2-10(8-14)9-15-13/h2-3,9,11-12H,4-7H2,1H3. The molecule has 0 amide bonds. The number of fused-ring (bicyclic) bond motifs is 1. The number of hydrogen-bond donors (Lipinski definition) is 0. The molecule has 2 aliphatic heterocycles. The lowest BCUT2D eigenvalue weighted by atomic mass is 10.1. The number of nitriles is 1. The van der Waals surface area contributed by atoms with Crippen molar-refractivity contribution in [2.45, 2.75) is 24.9 Å². The summed E-state index contributed by atoms with van der Waals surface area (Å²) in [5, 5.41) is 8.77. The normalized spacial score (nSPS) is 28.1. The smallest absolute Gasteiger partial charge is 0.128 e. The maximum atomic E-state index is 8.77. The molecule has 3 heterocycles. The summed E-state index contributed by atoms with van der Waals surface area (Å²) in [5.74, 6) is 1.02. The molecule has 0 aliphatic carbocycles. The van der Waals surface area contributed by atoms with Gasteiger partial charge in [0.25, 0.3) is 0 Å². The number of rotatable bonds is 1. The van der Waals surface area contributed by atoms with Crippen molar-refractivity contribution >= 4 is 5.82 Å². The van der Waals surface area contributed by atoms with Crippen molar-refractivity contribution < 1.29 is 0 Å². The van der Waals surface area contributed by atoms with E-state index in [9.17, 15) is 0 Å². The van der Waals surface area contributed by atoms with Gasteiger partial charge in [-0.15, -0.1) is 0 Å². The van der Waals surface area contributed by atoms with Crippen LogP contribution in [0.3, 0.4) is 0 Å². The molecule has 0 bridgehead atoms. The van der Waals surface area contributed by atoms with Crippen LogP contribution >= 0.6 is 0 Å². The third-order valence-electron chi connectivity index (χ3n) is 4.03. The summed E-state index contributed by atoms with van der Waals surface area (Å²) in [6, 6.07) is 7.23. The Labute approximate surface area is 101 Å². The highest BCUT2D eigenvalue weighted by Gasteiger charge is 2.41. The van der Waals surface area contributed by atoms with Crippen LogP contribution in [0.2, 0.25) is 0 Å². The minimum absolute atomic E-state index is 0.612. The zero-order chi connectivity index (χ0) is 11.8. The van der Waals surface area contributed by atoms with E-state index in [1.807, 2.05) is 12.1 Å². The maximum absolute atomic E-state index is 8.77. The molecule has 2 unspecified atom stereocenters. The fourth-order valence-corrected chi connectivity index (χ4v) is 3.11. The molecular formula is C13H16N4. The van der Waals surface area contributed by atoms with Crippen LogP contribution in [0, 0.1) is 11.3 Å². The predicted molar refractivity (Wildman–Crippen MR) is 65.7 cm³/mol. The molecule has 1 aromatic heterocycles. The van der Waals surface area contributed by atoms with Crippen molar-refractivity contribution in [3.05, 3.63) is 23.9 Å². The minimum atomic E-state index is 0.612. The van der Waals surface area contributed by atoms with Gasteiger partial charge in [-0.2, -0.15) is 5.26 Å². The van der Waals surface area contributed by atoms with Crippen molar-refractivity contribution in [1.82, 2.24) is 9.88 Å². The SMILES string of the molecule is CN1CCC2C1CCN2c1ccc(C#N)cn1. The quantitative estimate of drug-likeness (QED) is 0.725. The average molecular weight is 228 g/mol. The van der Waals surface area contributed by atoms with Gasteiger partial charge in [-0.1, -0.05) is 0 Å². The molecule has 0 radical (unpaired) electrons. The number of likely N-dealkylation sites (tertiary alicyclic amines) is 1. The van der Waals surface area contributed by atoms with Crippen LogP contribution in [-0.4, -0.2) is 42.1 Å². The van der Waals surface area contributed by atoms with Crippen LogP contribution in [-0.2, 0) is 0 Å². The molecule has 2 fully saturated rings. The van der Waals surface area contributed by atoms with Crippen LogP contribution in [0.25, 0.3) is 0 Å². The minimum Gasteiger partial charge on any atom is -0.352 e. The summed E-state index contributed by atoms with van der Waals surface area (Å²) in [6.07, 6.45) is 4.12. The highest BCUT2D eigenvalue weighted by molar-refractivity contribution is 5.45. The van der Waals surface area contributed by atoms with Gasteiger partial charge in [0.15, 0.2) is 0 Å².